The Labute approximate surface area is 219 Å². The van der Waals surface area contributed by atoms with Crippen molar-refractivity contribution in [3.63, 3.8) is 0 Å². The van der Waals surface area contributed by atoms with Crippen molar-refractivity contribution in [1.82, 2.24) is 5.32 Å². The number of benzene rings is 3. The van der Waals surface area contributed by atoms with E-state index >= 15 is 0 Å². The Morgan fingerprint density at radius 2 is 1.56 bits per heavy atom. The van der Waals surface area contributed by atoms with Gasteiger partial charge in [0.1, 0.15) is 6.61 Å². The van der Waals surface area contributed by atoms with Gasteiger partial charge in [-0.3, -0.25) is 0 Å². The zero-order valence-corrected chi connectivity index (χ0v) is 22.5. The fraction of sp³-hybridized carbons (Fsp3) is 0.308. The third-order valence-electron chi connectivity index (χ3n) is 5.16. The van der Waals surface area contributed by atoms with Crippen LogP contribution in [-0.4, -0.2) is 27.4 Å². The molecule has 3 rings (SSSR count). The lowest BCUT2D eigenvalue weighted by Gasteiger charge is -2.17. The summed E-state index contributed by atoms with van der Waals surface area (Å²) >= 11 is 16.2. The van der Waals surface area contributed by atoms with Gasteiger partial charge < -0.3 is 24.3 Å². The highest BCUT2D eigenvalue weighted by molar-refractivity contribution is 9.10. The molecule has 0 saturated carbocycles. The maximum Gasteiger partial charge on any atom is 0.175 e. The Balaban J connectivity index is 1.63. The van der Waals surface area contributed by atoms with Gasteiger partial charge in [0, 0.05) is 22.2 Å². The van der Waals surface area contributed by atoms with Gasteiger partial charge in [-0.25, -0.2) is 0 Å². The van der Waals surface area contributed by atoms with Crippen LogP contribution < -0.4 is 24.3 Å². The van der Waals surface area contributed by atoms with E-state index in [1.807, 2.05) is 43.3 Å². The molecule has 182 valence electrons. The molecule has 34 heavy (non-hydrogen) atoms. The van der Waals surface area contributed by atoms with Crippen LogP contribution in [0.15, 0.2) is 53.0 Å². The smallest absolute Gasteiger partial charge is 0.175 e. The van der Waals surface area contributed by atoms with E-state index in [-0.39, 0.29) is 6.61 Å². The molecule has 0 atom stereocenters. The highest BCUT2D eigenvalue weighted by Gasteiger charge is 2.15. The number of halogens is 3. The van der Waals surface area contributed by atoms with Crippen LogP contribution in [0, 0.1) is 0 Å². The van der Waals surface area contributed by atoms with Crippen molar-refractivity contribution >= 4 is 39.1 Å². The third-order valence-corrected chi connectivity index (χ3v) is 6.46. The van der Waals surface area contributed by atoms with Crippen LogP contribution in [0.25, 0.3) is 0 Å². The van der Waals surface area contributed by atoms with Crippen LogP contribution >= 0.6 is 39.1 Å². The molecule has 0 unspecified atom stereocenters. The molecule has 0 saturated heterocycles. The lowest BCUT2D eigenvalue weighted by atomic mass is 10.1. The van der Waals surface area contributed by atoms with E-state index in [0.29, 0.717) is 34.7 Å². The second kappa shape index (κ2) is 13.1. The highest BCUT2D eigenvalue weighted by Crippen LogP contribution is 2.38. The van der Waals surface area contributed by atoms with Crippen LogP contribution in [0.4, 0.5) is 0 Å². The molecule has 0 aliphatic heterocycles. The van der Waals surface area contributed by atoms with E-state index in [4.69, 9.17) is 42.1 Å². The summed E-state index contributed by atoms with van der Waals surface area (Å²) in [5, 5.41) is 4.61. The molecule has 0 aliphatic carbocycles. The van der Waals surface area contributed by atoms with Crippen molar-refractivity contribution in [2.75, 3.05) is 27.4 Å². The minimum atomic E-state index is 0.236. The summed E-state index contributed by atoms with van der Waals surface area (Å²) in [5.74, 6) is 2.74. The van der Waals surface area contributed by atoms with Crippen molar-refractivity contribution in [2.45, 2.75) is 26.5 Å². The molecule has 0 bridgehead atoms. The van der Waals surface area contributed by atoms with Crippen molar-refractivity contribution in [3.8, 4) is 23.0 Å². The number of nitrogens with one attached hydrogen (secondary N) is 1. The lowest BCUT2D eigenvalue weighted by Crippen LogP contribution is -2.17. The summed E-state index contributed by atoms with van der Waals surface area (Å²) in [7, 11) is 3.28. The van der Waals surface area contributed by atoms with E-state index in [1.54, 1.807) is 26.4 Å². The van der Waals surface area contributed by atoms with Gasteiger partial charge in [-0.15, -0.1) is 0 Å². The fourth-order valence-corrected chi connectivity index (χ4v) is 4.55. The van der Waals surface area contributed by atoms with Gasteiger partial charge >= 0.3 is 0 Å². The fourth-order valence-electron chi connectivity index (χ4n) is 3.44. The Morgan fingerprint density at radius 3 is 2.24 bits per heavy atom. The minimum absolute atomic E-state index is 0.236. The minimum Gasteiger partial charge on any atom is -0.493 e. The second-order valence-corrected chi connectivity index (χ2v) is 9.11. The monoisotopic (exact) mass is 567 g/mol. The van der Waals surface area contributed by atoms with E-state index in [1.165, 1.54) is 5.56 Å². The van der Waals surface area contributed by atoms with Crippen LogP contribution in [0.5, 0.6) is 23.0 Å². The molecule has 3 aromatic carbocycles. The largest absolute Gasteiger partial charge is 0.493 e. The van der Waals surface area contributed by atoms with E-state index in [2.05, 4.69) is 21.2 Å². The number of rotatable bonds is 12. The number of ether oxygens (including phenoxy) is 4. The van der Waals surface area contributed by atoms with Gasteiger partial charge in [0.25, 0.3) is 0 Å². The molecule has 3 aromatic rings. The topological polar surface area (TPSA) is 49.0 Å². The standard InChI is InChI=1S/C26H28BrCl2NO4/c1-4-33-25-14-18(15-30-11-10-17-8-9-23(31-2)24(13-17)32-3)12-20(27)26(25)34-16-19-21(28)6-5-7-22(19)29/h5-9,12-14,30H,4,10-11,15-16H2,1-3H3. The Hall–Kier alpha value is -2.12. The van der Waals surface area contributed by atoms with E-state index in [0.717, 1.165) is 40.1 Å². The molecular weight excluding hydrogens is 541 g/mol. The summed E-state index contributed by atoms with van der Waals surface area (Å²) in [6.07, 6.45) is 0.861. The number of methoxy groups -OCH3 is 2. The van der Waals surface area contributed by atoms with Crippen LogP contribution in [0.2, 0.25) is 10.0 Å². The van der Waals surface area contributed by atoms with Crippen molar-refractivity contribution in [1.29, 1.82) is 0 Å². The average Bonchev–Trinajstić information content (AvgIpc) is 2.82. The molecule has 0 amide bonds. The summed E-state index contributed by atoms with van der Waals surface area (Å²) < 4.78 is 23.4. The van der Waals surface area contributed by atoms with E-state index in [9.17, 15) is 0 Å². The van der Waals surface area contributed by atoms with Gasteiger partial charge in [-0.05, 0) is 83.3 Å². The Kier molecular flexibility index (Phi) is 10.2. The molecule has 0 radical (unpaired) electrons. The molecule has 1 N–H and O–H groups in total. The average molecular weight is 569 g/mol. The molecule has 0 heterocycles. The highest BCUT2D eigenvalue weighted by atomic mass is 79.9. The van der Waals surface area contributed by atoms with Gasteiger partial charge in [0.05, 0.1) is 25.3 Å². The van der Waals surface area contributed by atoms with Crippen molar-refractivity contribution < 1.29 is 18.9 Å². The van der Waals surface area contributed by atoms with Crippen LogP contribution in [-0.2, 0) is 19.6 Å². The first-order chi connectivity index (χ1) is 16.5. The maximum atomic E-state index is 6.28. The van der Waals surface area contributed by atoms with Gasteiger partial charge in [0.2, 0.25) is 0 Å². The second-order valence-electron chi connectivity index (χ2n) is 7.44. The summed E-state index contributed by atoms with van der Waals surface area (Å²) in [6, 6.07) is 15.4. The maximum absolute atomic E-state index is 6.28. The van der Waals surface area contributed by atoms with Crippen molar-refractivity contribution in [3.05, 3.63) is 79.7 Å². The van der Waals surface area contributed by atoms with Crippen molar-refractivity contribution in [2.24, 2.45) is 0 Å². The zero-order chi connectivity index (χ0) is 24.5. The Morgan fingerprint density at radius 1 is 0.853 bits per heavy atom. The quantitative estimate of drug-likeness (QED) is 0.236. The molecular formula is C26H28BrCl2NO4. The first-order valence-corrected chi connectivity index (χ1v) is 12.4. The lowest BCUT2D eigenvalue weighted by molar-refractivity contribution is 0.267. The normalized spacial score (nSPS) is 10.8. The molecule has 0 spiro atoms. The van der Waals surface area contributed by atoms with Gasteiger partial charge in [0.15, 0.2) is 23.0 Å². The van der Waals surface area contributed by atoms with Gasteiger partial charge in [-0.2, -0.15) is 0 Å². The van der Waals surface area contributed by atoms with Gasteiger partial charge in [-0.1, -0.05) is 35.3 Å². The summed E-state index contributed by atoms with van der Waals surface area (Å²) in [4.78, 5) is 0. The predicted molar refractivity (Wildman–Crippen MR) is 141 cm³/mol. The molecule has 0 aliphatic rings. The zero-order valence-electron chi connectivity index (χ0n) is 19.4. The SMILES string of the molecule is CCOc1cc(CNCCc2ccc(OC)c(OC)c2)cc(Br)c1OCc1c(Cl)cccc1Cl. The van der Waals surface area contributed by atoms with Crippen LogP contribution in [0.1, 0.15) is 23.6 Å². The first kappa shape index (κ1) is 26.5. The summed E-state index contributed by atoms with van der Waals surface area (Å²) in [6.45, 7) is 4.19. The first-order valence-electron chi connectivity index (χ1n) is 10.9. The number of hydrogen-bond acceptors (Lipinski definition) is 5. The van der Waals surface area contributed by atoms with E-state index < -0.39 is 0 Å². The molecule has 5 nitrogen and oxygen atoms in total. The third kappa shape index (κ3) is 6.95. The molecule has 0 aromatic heterocycles. The number of hydrogen-bond donors (Lipinski definition) is 1. The Bertz CT molecular complexity index is 1090. The summed E-state index contributed by atoms with van der Waals surface area (Å²) in [5.41, 5.74) is 2.98. The van der Waals surface area contributed by atoms with Crippen LogP contribution in [0.3, 0.4) is 0 Å². The molecule has 8 heteroatoms. The predicted octanol–water partition coefficient (Wildman–Crippen LogP) is 7.08. The molecule has 0 fully saturated rings.